The third kappa shape index (κ3) is 3.74. The van der Waals surface area contributed by atoms with Gasteiger partial charge in [0.05, 0.1) is 18.6 Å². The second kappa shape index (κ2) is 7.78. The van der Waals surface area contributed by atoms with E-state index in [2.05, 4.69) is 5.32 Å². The van der Waals surface area contributed by atoms with Gasteiger partial charge in [0.2, 0.25) is 5.78 Å². The molecule has 1 aromatic carbocycles. The number of ether oxygens (including phenoxy) is 2. The zero-order valence-electron chi connectivity index (χ0n) is 14.4. The summed E-state index contributed by atoms with van der Waals surface area (Å²) >= 11 is 1.40. The molecule has 6 heteroatoms. The van der Waals surface area contributed by atoms with Crippen molar-refractivity contribution in [3.8, 4) is 5.75 Å². The molecule has 0 saturated carbocycles. The molecule has 0 fully saturated rings. The summed E-state index contributed by atoms with van der Waals surface area (Å²) in [5.41, 5.74) is 1.78. The molecule has 1 N–H and O–H groups in total. The first-order chi connectivity index (χ1) is 12.1. The SMILES string of the molecule is CCOC(=O)C1=C(C(=O)c2cccc(OC)c2)SC2=C(CCCC2)N1. The molecule has 0 spiro atoms. The van der Waals surface area contributed by atoms with Gasteiger partial charge in [-0.3, -0.25) is 4.79 Å². The maximum absolute atomic E-state index is 13.1. The van der Waals surface area contributed by atoms with Crippen molar-refractivity contribution in [3.63, 3.8) is 0 Å². The van der Waals surface area contributed by atoms with Crippen LogP contribution in [0.1, 0.15) is 43.0 Å². The van der Waals surface area contributed by atoms with Crippen LogP contribution in [-0.4, -0.2) is 25.5 Å². The van der Waals surface area contributed by atoms with Crippen molar-refractivity contribution in [1.82, 2.24) is 5.32 Å². The van der Waals surface area contributed by atoms with Gasteiger partial charge in [-0.05, 0) is 44.7 Å². The van der Waals surface area contributed by atoms with E-state index in [-0.39, 0.29) is 18.1 Å². The number of Topliss-reactive ketones (excluding diaryl/α,β-unsaturated/α-hetero) is 1. The van der Waals surface area contributed by atoms with Crippen LogP contribution in [0.3, 0.4) is 0 Å². The summed E-state index contributed by atoms with van der Waals surface area (Å²) in [5.74, 6) is -0.0783. The molecule has 3 rings (SSSR count). The molecule has 0 radical (unpaired) electrons. The van der Waals surface area contributed by atoms with Crippen LogP contribution < -0.4 is 10.1 Å². The van der Waals surface area contributed by atoms with Crippen molar-refractivity contribution in [2.45, 2.75) is 32.6 Å². The van der Waals surface area contributed by atoms with Gasteiger partial charge < -0.3 is 14.8 Å². The highest BCUT2D eigenvalue weighted by Gasteiger charge is 2.31. The topological polar surface area (TPSA) is 64.6 Å². The minimum Gasteiger partial charge on any atom is -0.497 e. The molecule has 0 aromatic heterocycles. The van der Waals surface area contributed by atoms with E-state index in [1.54, 1.807) is 38.3 Å². The Labute approximate surface area is 151 Å². The first-order valence-corrected chi connectivity index (χ1v) is 9.22. The molecule has 1 heterocycles. The fourth-order valence-electron chi connectivity index (χ4n) is 2.91. The minimum atomic E-state index is -0.488. The van der Waals surface area contributed by atoms with E-state index in [1.165, 1.54) is 11.8 Å². The molecule has 0 bridgehead atoms. The van der Waals surface area contributed by atoms with Crippen molar-refractivity contribution < 1.29 is 19.1 Å². The lowest BCUT2D eigenvalue weighted by atomic mass is 10.0. The number of hydrogen-bond acceptors (Lipinski definition) is 6. The van der Waals surface area contributed by atoms with Gasteiger partial charge >= 0.3 is 5.97 Å². The molecule has 132 valence electrons. The smallest absolute Gasteiger partial charge is 0.356 e. The Morgan fingerprint density at radius 1 is 1.24 bits per heavy atom. The molecule has 0 amide bonds. The van der Waals surface area contributed by atoms with Crippen molar-refractivity contribution in [2.24, 2.45) is 0 Å². The number of nitrogens with one attached hydrogen (secondary N) is 1. The standard InChI is InChI=1S/C19H21NO4S/c1-3-24-19(22)16-18(25-15-10-5-4-9-14(15)20-16)17(21)12-7-6-8-13(11-12)23-2/h6-8,11,20H,3-5,9-10H2,1-2H3. The molecule has 5 nitrogen and oxygen atoms in total. The van der Waals surface area contributed by atoms with Gasteiger partial charge in [0, 0.05) is 16.2 Å². The highest BCUT2D eigenvalue weighted by atomic mass is 32.2. The largest absolute Gasteiger partial charge is 0.497 e. The van der Waals surface area contributed by atoms with Crippen molar-refractivity contribution >= 4 is 23.5 Å². The van der Waals surface area contributed by atoms with Gasteiger partial charge in [-0.2, -0.15) is 0 Å². The summed E-state index contributed by atoms with van der Waals surface area (Å²) in [6, 6.07) is 6.96. The lowest BCUT2D eigenvalue weighted by Crippen LogP contribution is -2.30. The minimum absolute atomic E-state index is 0.198. The van der Waals surface area contributed by atoms with Crippen LogP contribution >= 0.6 is 11.8 Å². The fraction of sp³-hybridized carbons (Fsp3) is 0.368. The zero-order valence-corrected chi connectivity index (χ0v) is 15.2. The Bertz CT molecular complexity index is 766. The van der Waals surface area contributed by atoms with E-state index in [9.17, 15) is 9.59 Å². The highest BCUT2D eigenvalue weighted by molar-refractivity contribution is 8.07. The van der Waals surface area contributed by atoms with Crippen molar-refractivity contribution in [3.05, 3.63) is 51.0 Å². The third-order valence-electron chi connectivity index (χ3n) is 4.16. The summed E-state index contributed by atoms with van der Waals surface area (Å²) in [4.78, 5) is 27.0. The Balaban J connectivity index is 1.97. The highest BCUT2D eigenvalue weighted by Crippen LogP contribution is 2.42. The Kier molecular flexibility index (Phi) is 5.48. The number of benzene rings is 1. The molecular formula is C19H21NO4S. The second-order valence-electron chi connectivity index (χ2n) is 5.82. The predicted molar refractivity (Wildman–Crippen MR) is 97.2 cm³/mol. The molecule has 1 aromatic rings. The van der Waals surface area contributed by atoms with E-state index in [0.717, 1.165) is 36.3 Å². The maximum atomic E-state index is 13.1. The lowest BCUT2D eigenvalue weighted by Gasteiger charge is -2.28. The van der Waals surface area contributed by atoms with Gasteiger partial charge in [-0.1, -0.05) is 23.9 Å². The van der Waals surface area contributed by atoms with Crippen molar-refractivity contribution in [1.29, 1.82) is 0 Å². The molecular weight excluding hydrogens is 338 g/mol. The van der Waals surface area contributed by atoms with E-state index in [0.29, 0.717) is 16.2 Å². The van der Waals surface area contributed by atoms with E-state index in [4.69, 9.17) is 9.47 Å². The summed E-state index contributed by atoms with van der Waals surface area (Å²) in [6.45, 7) is 2.02. The molecule has 0 unspecified atom stereocenters. The third-order valence-corrected chi connectivity index (χ3v) is 5.45. The summed E-state index contributed by atoms with van der Waals surface area (Å²) in [5, 5.41) is 3.18. The van der Waals surface area contributed by atoms with Crippen LogP contribution in [0.5, 0.6) is 5.75 Å². The predicted octanol–water partition coefficient (Wildman–Crippen LogP) is 3.77. The lowest BCUT2D eigenvalue weighted by molar-refractivity contribution is -0.138. The quantitative estimate of drug-likeness (QED) is 0.638. The first kappa shape index (κ1) is 17.6. The molecule has 0 saturated heterocycles. The van der Waals surface area contributed by atoms with Crippen LogP contribution in [0.2, 0.25) is 0 Å². The second-order valence-corrected chi connectivity index (χ2v) is 6.93. The average Bonchev–Trinajstić information content (AvgIpc) is 2.66. The van der Waals surface area contributed by atoms with Crippen LogP contribution in [0, 0.1) is 0 Å². The zero-order chi connectivity index (χ0) is 17.8. The Hall–Kier alpha value is -2.21. The number of hydrogen-bond donors (Lipinski definition) is 1. The van der Waals surface area contributed by atoms with Gasteiger partial charge in [0.25, 0.3) is 0 Å². The van der Waals surface area contributed by atoms with Crippen LogP contribution in [0.4, 0.5) is 0 Å². The Morgan fingerprint density at radius 2 is 2.04 bits per heavy atom. The molecule has 1 aliphatic heterocycles. The number of ketones is 1. The number of rotatable bonds is 5. The van der Waals surface area contributed by atoms with Gasteiger partial charge in [-0.25, -0.2) is 4.79 Å². The van der Waals surface area contributed by atoms with Crippen molar-refractivity contribution in [2.75, 3.05) is 13.7 Å². The van der Waals surface area contributed by atoms with Crippen LogP contribution in [0.15, 0.2) is 45.5 Å². The number of esters is 1. The normalized spacial score (nSPS) is 16.9. The van der Waals surface area contributed by atoms with Crippen LogP contribution in [-0.2, 0) is 9.53 Å². The number of methoxy groups -OCH3 is 1. The van der Waals surface area contributed by atoms with Gasteiger partial charge in [-0.15, -0.1) is 0 Å². The van der Waals surface area contributed by atoms with Gasteiger partial charge in [0.1, 0.15) is 11.4 Å². The number of carbonyl (C=O) groups is 2. The summed E-state index contributed by atoms with van der Waals surface area (Å²) in [6.07, 6.45) is 4.01. The van der Waals surface area contributed by atoms with E-state index < -0.39 is 5.97 Å². The Morgan fingerprint density at radius 3 is 2.80 bits per heavy atom. The van der Waals surface area contributed by atoms with E-state index >= 15 is 0 Å². The average molecular weight is 359 g/mol. The number of thioether (sulfide) groups is 1. The summed E-state index contributed by atoms with van der Waals surface area (Å²) < 4.78 is 10.3. The number of allylic oxidation sites excluding steroid dienone is 3. The summed E-state index contributed by atoms with van der Waals surface area (Å²) in [7, 11) is 1.56. The van der Waals surface area contributed by atoms with Crippen LogP contribution in [0.25, 0.3) is 0 Å². The van der Waals surface area contributed by atoms with E-state index in [1.807, 2.05) is 0 Å². The number of carbonyl (C=O) groups excluding carboxylic acids is 2. The molecule has 0 atom stereocenters. The van der Waals surface area contributed by atoms with Gasteiger partial charge in [0.15, 0.2) is 0 Å². The molecule has 25 heavy (non-hydrogen) atoms. The fourth-order valence-corrected chi connectivity index (χ4v) is 4.12. The maximum Gasteiger partial charge on any atom is 0.356 e. The monoisotopic (exact) mass is 359 g/mol. The molecule has 1 aliphatic carbocycles. The first-order valence-electron chi connectivity index (χ1n) is 8.41. The molecule has 2 aliphatic rings.